The highest BCUT2D eigenvalue weighted by atomic mass is 32.2. The molecule has 28 heavy (non-hydrogen) atoms. The van der Waals surface area contributed by atoms with Gasteiger partial charge < -0.3 is 5.32 Å². The van der Waals surface area contributed by atoms with E-state index >= 15 is 0 Å². The lowest BCUT2D eigenvalue weighted by molar-refractivity contribution is -0.138. The van der Waals surface area contributed by atoms with Crippen LogP contribution in [0.4, 0.5) is 13.2 Å². The van der Waals surface area contributed by atoms with Crippen molar-refractivity contribution in [1.82, 2.24) is 10.3 Å². The van der Waals surface area contributed by atoms with Crippen molar-refractivity contribution in [2.75, 3.05) is 5.75 Å². The number of pyridine rings is 1. The quantitative estimate of drug-likeness (QED) is 0.698. The maximum Gasteiger partial charge on any atom is 0.418 e. The molecule has 0 radical (unpaired) electrons. The maximum absolute atomic E-state index is 13.5. The van der Waals surface area contributed by atoms with Gasteiger partial charge in [0.15, 0.2) is 0 Å². The van der Waals surface area contributed by atoms with Crippen molar-refractivity contribution in [2.24, 2.45) is 0 Å². The van der Waals surface area contributed by atoms with E-state index in [0.717, 1.165) is 17.3 Å². The normalized spacial score (nSPS) is 12.3. The number of halogens is 3. The van der Waals surface area contributed by atoms with Gasteiger partial charge in [-0.15, -0.1) is 0 Å². The summed E-state index contributed by atoms with van der Waals surface area (Å²) in [5.74, 6) is -0.484. The van der Waals surface area contributed by atoms with E-state index in [-0.39, 0.29) is 34.0 Å². The van der Waals surface area contributed by atoms with Gasteiger partial charge in [0, 0.05) is 5.69 Å². The monoisotopic (exact) mass is 407 g/mol. The molecule has 0 spiro atoms. The number of carbonyl (C=O) groups is 1. The lowest BCUT2D eigenvalue weighted by Crippen LogP contribution is -2.28. The number of nitrogens with one attached hydrogen (secondary N) is 1. The molecule has 0 aliphatic rings. The summed E-state index contributed by atoms with van der Waals surface area (Å²) in [6.07, 6.45) is -4.37. The molecule has 1 atom stereocenters. The predicted octanol–water partition coefficient (Wildman–Crippen LogP) is 4.81. The Morgan fingerprint density at radius 1 is 1.32 bits per heavy atom. The fourth-order valence-electron chi connectivity index (χ4n) is 2.85. The van der Waals surface area contributed by atoms with Crippen LogP contribution in [0.1, 0.15) is 47.8 Å². The van der Waals surface area contributed by atoms with Gasteiger partial charge in [-0.05, 0) is 31.4 Å². The smallest absolute Gasteiger partial charge is 0.349 e. The van der Waals surface area contributed by atoms with E-state index in [1.165, 1.54) is 6.92 Å². The standard InChI is InChI=1S/C20H20F3N3OS/c1-4-16-12(2)18(20(21,22)23)15(10-24)19(26-16)28-11-17(27)25-13(3)14-8-6-5-7-9-14/h5-9,13H,4,11H2,1-3H3,(H,25,27)/t13-/m1/s1. The number of benzene rings is 1. The van der Waals surface area contributed by atoms with E-state index in [0.29, 0.717) is 6.42 Å². The summed E-state index contributed by atoms with van der Waals surface area (Å²) in [5, 5.41) is 12.0. The lowest BCUT2D eigenvalue weighted by Gasteiger charge is -2.18. The second kappa shape index (κ2) is 9.11. The van der Waals surface area contributed by atoms with Crippen molar-refractivity contribution in [3.05, 3.63) is 58.3 Å². The molecule has 4 nitrogen and oxygen atoms in total. The Hall–Kier alpha value is -2.53. The fraction of sp³-hybridized carbons (Fsp3) is 0.350. The number of carbonyl (C=O) groups excluding carboxylic acids is 1. The summed E-state index contributed by atoms with van der Waals surface area (Å²) < 4.78 is 40.5. The van der Waals surface area contributed by atoms with Gasteiger partial charge in [0.1, 0.15) is 11.1 Å². The zero-order valence-corrected chi connectivity index (χ0v) is 16.5. The molecule has 1 amide bonds. The van der Waals surface area contributed by atoms with Crippen LogP contribution in [0.25, 0.3) is 0 Å². The molecular formula is C20H20F3N3OS. The van der Waals surface area contributed by atoms with E-state index in [2.05, 4.69) is 10.3 Å². The summed E-state index contributed by atoms with van der Waals surface area (Å²) in [6, 6.07) is 10.7. The molecular weight excluding hydrogens is 387 g/mol. The average molecular weight is 407 g/mol. The molecule has 8 heteroatoms. The van der Waals surface area contributed by atoms with Gasteiger partial charge in [-0.3, -0.25) is 4.79 Å². The van der Waals surface area contributed by atoms with Gasteiger partial charge in [-0.1, -0.05) is 49.0 Å². The van der Waals surface area contributed by atoms with E-state index in [4.69, 9.17) is 0 Å². The second-order valence-corrected chi connectivity index (χ2v) is 7.15. The third-order valence-electron chi connectivity index (χ3n) is 4.26. The van der Waals surface area contributed by atoms with Crippen LogP contribution in [0.2, 0.25) is 0 Å². The number of hydrogen-bond acceptors (Lipinski definition) is 4. The third kappa shape index (κ3) is 5.04. The molecule has 0 aliphatic carbocycles. The number of nitrogens with zero attached hydrogens (tertiary/aromatic N) is 2. The first kappa shape index (κ1) is 21.8. The van der Waals surface area contributed by atoms with Crippen molar-refractivity contribution in [2.45, 2.75) is 44.4 Å². The molecule has 1 aromatic heterocycles. The first-order valence-corrected chi connectivity index (χ1v) is 9.65. The summed E-state index contributed by atoms with van der Waals surface area (Å²) in [7, 11) is 0. The van der Waals surface area contributed by atoms with Crippen LogP contribution in [0.3, 0.4) is 0 Å². The van der Waals surface area contributed by atoms with Crippen molar-refractivity contribution in [1.29, 1.82) is 5.26 Å². The number of aryl methyl sites for hydroxylation is 1. The molecule has 0 saturated carbocycles. The minimum Gasteiger partial charge on any atom is -0.349 e. The summed E-state index contributed by atoms with van der Waals surface area (Å²) in [5.41, 5.74) is -0.358. The van der Waals surface area contributed by atoms with Crippen LogP contribution >= 0.6 is 11.8 Å². The Bertz CT molecular complexity index is 892. The van der Waals surface area contributed by atoms with Crippen molar-refractivity contribution >= 4 is 17.7 Å². The van der Waals surface area contributed by atoms with Crippen LogP contribution in [0.15, 0.2) is 35.4 Å². The molecule has 148 valence electrons. The van der Waals surface area contributed by atoms with E-state index in [1.54, 1.807) is 13.0 Å². The first-order chi connectivity index (χ1) is 13.2. The molecule has 2 aromatic rings. The molecule has 0 aliphatic heterocycles. The van der Waals surface area contributed by atoms with Crippen molar-refractivity contribution in [3.63, 3.8) is 0 Å². The first-order valence-electron chi connectivity index (χ1n) is 8.66. The van der Waals surface area contributed by atoms with Crippen molar-refractivity contribution in [3.8, 4) is 6.07 Å². The zero-order chi connectivity index (χ0) is 20.9. The van der Waals surface area contributed by atoms with Gasteiger partial charge in [0.05, 0.1) is 22.9 Å². The van der Waals surface area contributed by atoms with Gasteiger partial charge in [0.2, 0.25) is 5.91 Å². The SMILES string of the molecule is CCc1nc(SCC(=O)N[C@H](C)c2ccccc2)c(C#N)c(C(F)(F)F)c1C. The fourth-order valence-corrected chi connectivity index (χ4v) is 3.67. The number of hydrogen-bond donors (Lipinski definition) is 1. The average Bonchev–Trinajstić information content (AvgIpc) is 2.66. The number of nitriles is 1. The highest BCUT2D eigenvalue weighted by Crippen LogP contribution is 2.38. The number of rotatable bonds is 6. The Balaban J connectivity index is 2.22. The molecule has 0 bridgehead atoms. The van der Waals surface area contributed by atoms with Crippen molar-refractivity contribution < 1.29 is 18.0 Å². The third-order valence-corrected chi connectivity index (χ3v) is 5.23. The zero-order valence-electron chi connectivity index (χ0n) is 15.7. The molecule has 1 N–H and O–H groups in total. The highest BCUT2D eigenvalue weighted by molar-refractivity contribution is 8.00. The Morgan fingerprint density at radius 3 is 2.50 bits per heavy atom. The Labute approximate surface area is 166 Å². The molecule has 2 rings (SSSR count). The molecule has 0 fully saturated rings. The van der Waals surface area contributed by atoms with E-state index < -0.39 is 17.3 Å². The van der Waals surface area contributed by atoms with Crippen LogP contribution in [0, 0.1) is 18.3 Å². The molecule has 0 unspecified atom stereocenters. The Morgan fingerprint density at radius 2 is 1.96 bits per heavy atom. The number of alkyl halides is 3. The number of amides is 1. The van der Waals surface area contributed by atoms with Crippen LogP contribution in [0.5, 0.6) is 0 Å². The topological polar surface area (TPSA) is 65.8 Å². The van der Waals surface area contributed by atoms with Crippen LogP contribution in [-0.4, -0.2) is 16.6 Å². The summed E-state index contributed by atoms with van der Waals surface area (Å²) in [4.78, 5) is 16.4. The predicted molar refractivity (Wildman–Crippen MR) is 102 cm³/mol. The van der Waals surface area contributed by atoms with Crippen LogP contribution in [-0.2, 0) is 17.4 Å². The van der Waals surface area contributed by atoms with Gasteiger partial charge in [0.25, 0.3) is 0 Å². The van der Waals surface area contributed by atoms with Gasteiger partial charge in [-0.2, -0.15) is 18.4 Å². The van der Waals surface area contributed by atoms with E-state index in [9.17, 15) is 23.2 Å². The second-order valence-electron chi connectivity index (χ2n) is 6.19. The van der Waals surface area contributed by atoms with Gasteiger partial charge in [-0.25, -0.2) is 4.98 Å². The molecule has 1 heterocycles. The Kier molecular flexibility index (Phi) is 7.08. The van der Waals surface area contributed by atoms with Crippen LogP contribution < -0.4 is 5.32 Å². The highest BCUT2D eigenvalue weighted by Gasteiger charge is 2.38. The summed E-state index contributed by atoms with van der Waals surface area (Å²) in [6.45, 7) is 4.84. The minimum atomic E-state index is -4.67. The van der Waals surface area contributed by atoms with Gasteiger partial charge >= 0.3 is 6.18 Å². The lowest BCUT2D eigenvalue weighted by atomic mass is 10.0. The summed E-state index contributed by atoms with van der Waals surface area (Å²) >= 11 is 0.840. The largest absolute Gasteiger partial charge is 0.418 e. The van der Waals surface area contributed by atoms with E-state index in [1.807, 2.05) is 37.3 Å². The number of aromatic nitrogens is 1. The number of thioether (sulfide) groups is 1. The molecule has 1 aromatic carbocycles. The minimum absolute atomic E-state index is 0.0435. The maximum atomic E-state index is 13.5. The molecule has 0 saturated heterocycles.